The van der Waals surface area contributed by atoms with Gasteiger partial charge in [-0.15, -0.1) is 0 Å². The minimum Gasteiger partial charge on any atom is -0.396 e. The van der Waals surface area contributed by atoms with E-state index in [1.54, 1.807) is 0 Å². The molecule has 0 unspecified atom stereocenters. The van der Waals surface area contributed by atoms with Crippen LogP contribution in [0.4, 0.5) is 28.9 Å². The molecular weight excluding hydrogens is 276 g/mol. The maximum Gasteiger partial charge on any atom is 0.258 e. The van der Waals surface area contributed by atoms with Crippen LogP contribution >= 0.6 is 0 Å². The highest BCUT2D eigenvalue weighted by Crippen LogP contribution is 2.22. The Morgan fingerprint density at radius 3 is 2.35 bits per heavy atom. The van der Waals surface area contributed by atoms with Gasteiger partial charge in [0, 0.05) is 6.07 Å². The van der Waals surface area contributed by atoms with Crippen LogP contribution in [0, 0.1) is 23.3 Å². The van der Waals surface area contributed by atoms with E-state index in [0.717, 1.165) is 18.2 Å². The maximum absolute atomic E-state index is 13.4. The summed E-state index contributed by atoms with van der Waals surface area (Å²) in [6, 6.07) is 3.59. The topological polar surface area (TPSA) is 55.1 Å². The number of hydrogen-bond acceptors (Lipinski definition) is 2. The molecule has 1 amide bonds. The Kier molecular flexibility index (Phi) is 3.60. The van der Waals surface area contributed by atoms with Gasteiger partial charge in [0.05, 0.1) is 16.9 Å². The third kappa shape index (κ3) is 2.71. The summed E-state index contributed by atoms with van der Waals surface area (Å²) in [4.78, 5) is 11.7. The van der Waals surface area contributed by atoms with E-state index in [1.807, 2.05) is 5.32 Å². The number of carbonyl (C=O) groups excluding carboxylic acids is 1. The fourth-order valence-electron chi connectivity index (χ4n) is 1.52. The lowest BCUT2D eigenvalue weighted by Gasteiger charge is -2.08. The van der Waals surface area contributed by atoms with Crippen molar-refractivity contribution in [3.63, 3.8) is 0 Å². The summed E-state index contributed by atoms with van der Waals surface area (Å²) in [5.74, 6) is -4.94. The van der Waals surface area contributed by atoms with Gasteiger partial charge in [-0.1, -0.05) is 0 Å². The van der Waals surface area contributed by atoms with Crippen molar-refractivity contribution in [3.8, 4) is 0 Å². The van der Waals surface area contributed by atoms with E-state index >= 15 is 0 Å². The molecule has 104 valence electrons. The second-order valence-corrected chi connectivity index (χ2v) is 3.93. The highest BCUT2D eigenvalue weighted by Gasteiger charge is 2.16. The number of carbonyl (C=O) groups is 1. The first-order valence-electron chi connectivity index (χ1n) is 5.39. The molecule has 0 aliphatic rings. The number of rotatable bonds is 2. The van der Waals surface area contributed by atoms with Gasteiger partial charge in [-0.25, -0.2) is 17.6 Å². The molecule has 0 radical (unpaired) electrons. The van der Waals surface area contributed by atoms with E-state index in [9.17, 15) is 22.4 Å². The van der Waals surface area contributed by atoms with E-state index in [2.05, 4.69) is 0 Å². The minimum absolute atomic E-state index is 0.388. The monoisotopic (exact) mass is 284 g/mol. The summed E-state index contributed by atoms with van der Waals surface area (Å²) in [6.45, 7) is 0. The molecule has 0 heterocycles. The fourth-order valence-corrected chi connectivity index (χ4v) is 1.52. The largest absolute Gasteiger partial charge is 0.396 e. The van der Waals surface area contributed by atoms with Crippen LogP contribution in [-0.2, 0) is 0 Å². The molecule has 20 heavy (non-hydrogen) atoms. The number of benzene rings is 2. The van der Waals surface area contributed by atoms with E-state index in [1.165, 1.54) is 0 Å². The first-order chi connectivity index (χ1) is 9.38. The van der Waals surface area contributed by atoms with Crippen LogP contribution in [0.3, 0.4) is 0 Å². The molecule has 0 aromatic heterocycles. The van der Waals surface area contributed by atoms with E-state index < -0.39 is 40.4 Å². The number of hydrogen-bond donors (Lipinski definition) is 2. The smallest absolute Gasteiger partial charge is 0.258 e. The summed E-state index contributed by atoms with van der Waals surface area (Å²) >= 11 is 0. The Bertz CT molecular complexity index is 688. The number of halogens is 4. The van der Waals surface area contributed by atoms with Crippen molar-refractivity contribution >= 4 is 17.3 Å². The predicted molar refractivity (Wildman–Crippen MR) is 65.1 cm³/mol. The molecule has 2 aromatic rings. The van der Waals surface area contributed by atoms with Gasteiger partial charge in [-0.2, -0.15) is 0 Å². The molecule has 0 bridgehead atoms. The van der Waals surface area contributed by atoms with Crippen LogP contribution in [-0.4, -0.2) is 5.91 Å². The lowest BCUT2D eigenvalue weighted by Crippen LogP contribution is -2.15. The summed E-state index contributed by atoms with van der Waals surface area (Å²) in [5.41, 5.74) is 3.81. The van der Waals surface area contributed by atoms with Crippen LogP contribution in [0.5, 0.6) is 0 Å². The van der Waals surface area contributed by atoms with Gasteiger partial charge in [-0.05, 0) is 24.3 Å². The van der Waals surface area contributed by atoms with Gasteiger partial charge in [-0.3, -0.25) is 4.79 Å². The second-order valence-electron chi connectivity index (χ2n) is 3.93. The molecular formula is C13H8F4N2O. The zero-order chi connectivity index (χ0) is 14.9. The molecule has 3 N–H and O–H groups in total. The van der Waals surface area contributed by atoms with Gasteiger partial charge in [0.1, 0.15) is 23.3 Å². The molecule has 0 saturated carbocycles. The van der Waals surface area contributed by atoms with Gasteiger partial charge in [0.15, 0.2) is 0 Å². The Morgan fingerprint density at radius 1 is 0.950 bits per heavy atom. The molecule has 0 atom stereocenters. The molecule has 3 nitrogen and oxygen atoms in total. The van der Waals surface area contributed by atoms with Crippen molar-refractivity contribution in [1.29, 1.82) is 0 Å². The number of nitrogen functional groups attached to an aromatic ring is 1. The first kappa shape index (κ1) is 13.9. The lowest BCUT2D eigenvalue weighted by atomic mass is 10.2. The Hall–Kier alpha value is -2.57. The zero-order valence-electron chi connectivity index (χ0n) is 9.88. The standard InChI is InChI=1S/C13H8F4N2O/c14-6-1-2-8(15)7(3-6)13(20)19-12-5-11(18)9(16)4-10(12)17/h1-5H,18H2,(H,19,20). The molecule has 0 spiro atoms. The summed E-state index contributed by atoms with van der Waals surface area (Å²) in [7, 11) is 0. The molecule has 7 heteroatoms. The quantitative estimate of drug-likeness (QED) is 0.657. The van der Waals surface area contributed by atoms with Crippen LogP contribution < -0.4 is 11.1 Å². The summed E-state index contributed by atoms with van der Waals surface area (Å²) in [5, 5.41) is 2.00. The predicted octanol–water partition coefficient (Wildman–Crippen LogP) is 3.08. The SMILES string of the molecule is Nc1cc(NC(=O)c2cc(F)ccc2F)c(F)cc1F. The van der Waals surface area contributed by atoms with Gasteiger partial charge in [0.25, 0.3) is 5.91 Å². The molecule has 0 aliphatic heterocycles. The van der Waals surface area contributed by atoms with Crippen molar-refractivity contribution in [2.24, 2.45) is 0 Å². The van der Waals surface area contributed by atoms with Crippen LogP contribution in [0.15, 0.2) is 30.3 Å². The summed E-state index contributed by atoms with van der Waals surface area (Å²) in [6.07, 6.45) is 0. The number of nitrogens with one attached hydrogen (secondary N) is 1. The van der Waals surface area contributed by atoms with Gasteiger partial charge in [0.2, 0.25) is 0 Å². The van der Waals surface area contributed by atoms with Crippen molar-refractivity contribution in [2.45, 2.75) is 0 Å². The first-order valence-corrected chi connectivity index (χ1v) is 5.39. The van der Waals surface area contributed by atoms with E-state index in [-0.39, 0.29) is 5.69 Å². The van der Waals surface area contributed by atoms with Gasteiger partial charge < -0.3 is 11.1 Å². The van der Waals surface area contributed by atoms with Crippen molar-refractivity contribution in [2.75, 3.05) is 11.1 Å². The molecule has 0 fully saturated rings. The average Bonchev–Trinajstić information content (AvgIpc) is 2.38. The maximum atomic E-state index is 13.4. The van der Waals surface area contributed by atoms with Crippen LogP contribution in [0.25, 0.3) is 0 Å². The molecule has 2 rings (SSSR count). The Balaban J connectivity index is 2.32. The zero-order valence-corrected chi connectivity index (χ0v) is 9.88. The molecule has 2 aromatic carbocycles. The highest BCUT2D eigenvalue weighted by atomic mass is 19.1. The lowest BCUT2D eigenvalue weighted by molar-refractivity contribution is 0.102. The fraction of sp³-hybridized carbons (Fsp3) is 0. The Morgan fingerprint density at radius 2 is 1.65 bits per heavy atom. The van der Waals surface area contributed by atoms with Crippen molar-refractivity contribution in [3.05, 3.63) is 59.2 Å². The van der Waals surface area contributed by atoms with Crippen molar-refractivity contribution in [1.82, 2.24) is 0 Å². The normalized spacial score (nSPS) is 10.4. The molecule has 0 aliphatic carbocycles. The molecule has 0 saturated heterocycles. The number of amides is 1. The highest BCUT2D eigenvalue weighted by molar-refractivity contribution is 6.04. The van der Waals surface area contributed by atoms with Crippen molar-refractivity contribution < 1.29 is 22.4 Å². The number of nitrogens with two attached hydrogens (primary N) is 1. The summed E-state index contributed by atoms with van der Waals surface area (Å²) < 4.78 is 52.7. The third-order valence-corrected chi connectivity index (χ3v) is 2.51. The number of anilines is 2. The van der Waals surface area contributed by atoms with E-state index in [4.69, 9.17) is 5.73 Å². The Labute approximate surface area is 111 Å². The average molecular weight is 284 g/mol. The van der Waals surface area contributed by atoms with Gasteiger partial charge >= 0.3 is 0 Å². The second kappa shape index (κ2) is 5.20. The minimum atomic E-state index is -1.08. The third-order valence-electron chi connectivity index (χ3n) is 2.51. The van der Waals surface area contributed by atoms with Crippen LogP contribution in [0.2, 0.25) is 0 Å². The van der Waals surface area contributed by atoms with Crippen LogP contribution in [0.1, 0.15) is 10.4 Å². The van der Waals surface area contributed by atoms with E-state index in [0.29, 0.717) is 12.1 Å².